The lowest BCUT2D eigenvalue weighted by Crippen LogP contribution is -2.46. The molecule has 100 valence electrons. The van der Waals surface area contributed by atoms with Crippen LogP contribution in [0, 0.1) is 6.92 Å². The Balaban J connectivity index is 1.76. The van der Waals surface area contributed by atoms with E-state index in [9.17, 15) is 10.2 Å². The topological polar surface area (TPSA) is 58.9 Å². The van der Waals surface area contributed by atoms with E-state index < -0.39 is 18.3 Å². The third-order valence-electron chi connectivity index (χ3n) is 2.93. The van der Waals surface area contributed by atoms with Crippen LogP contribution in [-0.2, 0) is 8.92 Å². The van der Waals surface area contributed by atoms with Crippen molar-refractivity contribution in [1.29, 1.82) is 0 Å². The Labute approximate surface area is 111 Å². The van der Waals surface area contributed by atoms with Gasteiger partial charge in [0.15, 0.2) is 0 Å². The third kappa shape index (κ3) is 3.70. The van der Waals surface area contributed by atoms with Gasteiger partial charge in [0.05, 0.1) is 12.7 Å². The molecule has 0 spiro atoms. The van der Waals surface area contributed by atoms with Gasteiger partial charge in [-0.2, -0.15) is 0 Å². The van der Waals surface area contributed by atoms with Crippen LogP contribution in [-0.4, -0.2) is 41.7 Å². The fourth-order valence-electron chi connectivity index (χ4n) is 1.77. The zero-order valence-corrected chi connectivity index (χ0v) is 11.1. The van der Waals surface area contributed by atoms with Crippen molar-refractivity contribution >= 4 is 12.0 Å². The van der Waals surface area contributed by atoms with Gasteiger partial charge in [-0.15, -0.1) is 0 Å². The maximum Gasteiger partial charge on any atom is 0.110 e. The average molecular weight is 270 g/mol. The second-order valence-corrected chi connectivity index (χ2v) is 5.31. The minimum atomic E-state index is -0.864. The minimum absolute atomic E-state index is 0.261. The number of benzene rings is 1. The van der Waals surface area contributed by atoms with E-state index in [4.69, 9.17) is 8.92 Å². The van der Waals surface area contributed by atoms with Gasteiger partial charge < -0.3 is 19.1 Å². The summed E-state index contributed by atoms with van der Waals surface area (Å²) in [5.74, 6) is 0. The van der Waals surface area contributed by atoms with Gasteiger partial charge in [-0.1, -0.05) is 17.7 Å². The summed E-state index contributed by atoms with van der Waals surface area (Å²) in [5.41, 5.74) is 1.20. The van der Waals surface area contributed by atoms with E-state index in [0.29, 0.717) is 13.0 Å². The standard InChI is InChI=1S/C13H18O4S/c1-9-2-4-10(5-3-9)18-17-8-12-13(15)11(14)6-7-16-12/h2-5,11-15H,6-8H2,1H3. The van der Waals surface area contributed by atoms with Crippen LogP contribution in [0.15, 0.2) is 29.2 Å². The molecule has 0 aromatic heterocycles. The highest BCUT2D eigenvalue weighted by atomic mass is 32.2. The second-order valence-electron chi connectivity index (χ2n) is 4.44. The first-order valence-electron chi connectivity index (χ1n) is 6.00. The zero-order chi connectivity index (χ0) is 13.0. The minimum Gasteiger partial charge on any atom is -0.390 e. The fourth-order valence-corrected chi connectivity index (χ4v) is 2.35. The predicted molar refractivity (Wildman–Crippen MR) is 69.4 cm³/mol. The molecule has 0 radical (unpaired) electrons. The first-order chi connectivity index (χ1) is 8.66. The van der Waals surface area contributed by atoms with Crippen molar-refractivity contribution < 1.29 is 19.1 Å². The van der Waals surface area contributed by atoms with E-state index in [0.717, 1.165) is 4.90 Å². The SMILES string of the molecule is Cc1ccc(SOCC2OCCC(O)C2O)cc1. The van der Waals surface area contributed by atoms with Crippen LogP contribution in [0.2, 0.25) is 0 Å². The Bertz CT molecular complexity index is 368. The molecular formula is C13H18O4S. The van der Waals surface area contributed by atoms with Gasteiger partial charge >= 0.3 is 0 Å². The predicted octanol–water partition coefficient (Wildman–Crippen LogP) is 1.53. The van der Waals surface area contributed by atoms with Crippen LogP contribution in [0.25, 0.3) is 0 Å². The molecule has 0 aliphatic carbocycles. The lowest BCUT2D eigenvalue weighted by Gasteiger charge is -2.31. The molecule has 4 nitrogen and oxygen atoms in total. The molecule has 3 atom stereocenters. The van der Waals surface area contributed by atoms with Gasteiger partial charge in [0.25, 0.3) is 0 Å². The Morgan fingerprint density at radius 1 is 1.33 bits per heavy atom. The number of hydrogen-bond donors (Lipinski definition) is 2. The summed E-state index contributed by atoms with van der Waals surface area (Å²) in [7, 11) is 0. The van der Waals surface area contributed by atoms with Crippen molar-refractivity contribution in [2.24, 2.45) is 0 Å². The number of rotatable bonds is 4. The molecule has 1 aliphatic rings. The lowest BCUT2D eigenvalue weighted by molar-refractivity contribution is -0.143. The molecule has 1 heterocycles. The van der Waals surface area contributed by atoms with Gasteiger partial charge in [-0.05, 0) is 25.5 Å². The van der Waals surface area contributed by atoms with E-state index >= 15 is 0 Å². The van der Waals surface area contributed by atoms with Gasteiger partial charge in [-0.25, -0.2) is 0 Å². The highest BCUT2D eigenvalue weighted by molar-refractivity contribution is 7.94. The molecule has 2 N–H and O–H groups in total. The molecule has 0 saturated carbocycles. The maximum absolute atomic E-state index is 9.71. The first-order valence-corrected chi connectivity index (χ1v) is 6.75. The normalized spacial score (nSPS) is 28.3. The largest absolute Gasteiger partial charge is 0.390 e. The Morgan fingerprint density at radius 3 is 2.78 bits per heavy atom. The van der Waals surface area contributed by atoms with Crippen LogP contribution >= 0.6 is 12.0 Å². The van der Waals surface area contributed by atoms with Crippen LogP contribution in [0.1, 0.15) is 12.0 Å². The summed E-state index contributed by atoms with van der Waals surface area (Å²) in [4.78, 5) is 1.01. The zero-order valence-electron chi connectivity index (χ0n) is 10.3. The summed E-state index contributed by atoms with van der Waals surface area (Å²) in [6.45, 7) is 2.75. The number of aryl methyl sites for hydroxylation is 1. The van der Waals surface area contributed by atoms with Crippen LogP contribution in [0.4, 0.5) is 0 Å². The summed E-state index contributed by atoms with van der Waals surface area (Å²) in [5, 5.41) is 19.2. The van der Waals surface area contributed by atoms with E-state index in [1.54, 1.807) is 0 Å². The molecule has 3 unspecified atom stereocenters. The smallest absolute Gasteiger partial charge is 0.110 e. The molecule has 0 amide bonds. The van der Waals surface area contributed by atoms with Crippen molar-refractivity contribution in [1.82, 2.24) is 0 Å². The molecule has 1 aromatic carbocycles. The summed E-state index contributed by atoms with van der Waals surface area (Å²) < 4.78 is 10.8. The Morgan fingerprint density at radius 2 is 2.06 bits per heavy atom. The van der Waals surface area contributed by atoms with Gasteiger partial charge in [0, 0.05) is 23.5 Å². The van der Waals surface area contributed by atoms with Crippen molar-refractivity contribution in [3.05, 3.63) is 29.8 Å². The van der Waals surface area contributed by atoms with Crippen molar-refractivity contribution in [2.45, 2.75) is 36.6 Å². The van der Waals surface area contributed by atoms with Crippen molar-refractivity contribution in [3.63, 3.8) is 0 Å². The monoisotopic (exact) mass is 270 g/mol. The molecule has 0 bridgehead atoms. The highest BCUT2D eigenvalue weighted by Crippen LogP contribution is 2.22. The highest BCUT2D eigenvalue weighted by Gasteiger charge is 2.31. The summed E-state index contributed by atoms with van der Waals surface area (Å²) in [6, 6.07) is 7.99. The van der Waals surface area contributed by atoms with Crippen molar-refractivity contribution in [3.8, 4) is 0 Å². The maximum atomic E-state index is 9.71. The average Bonchev–Trinajstić information content (AvgIpc) is 2.37. The summed E-state index contributed by atoms with van der Waals surface area (Å²) in [6.07, 6.45) is -1.55. The number of ether oxygens (including phenoxy) is 1. The second kappa shape index (κ2) is 6.54. The third-order valence-corrected chi connectivity index (χ3v) is 3.65. The molecule has 18 heavy (non-hydrogen) atoms. The number of hydrogen-bond acceptors (Lipinski definition) is 5. The van der Waals surface area contributed by atoms with Gasteiger partial charge in [0.2, 0.25) is 0 Å². The number of aliphatic hydroxyl groups is 2. The first kappa shape index (κ1) is 13.8. The molecular weight excluding hydrogens is 252 g/mol. The Hall–Kier alpha value is -0.590. The molecule has 1 aromatic rings. The molecule has 1 fully saturated rings. The summed E-state index contributed by atoms with van der Waals surface area (Å²) >= 11 is 1.25. The lowest BCUT2D eigenvalue weighted by atomic mass is 10.0. The molecule has 2 rings (SSSR count). The molecule has 1 saturated heterocycles. The van der Waals surface area contributed by atoms with E-state index in [2.05, 4.69) is 0 Å². The Kier molecular flexibility index (Phi) is 5.03. The fraction of sp³-hybridized carbons (Fsp3) is 0.538. The molecule has 1 aliphatic heterocycles. The molecule has 5 heteroatoms. The van der Waals surface area contributed by atoms with E-state index in [1.807, 2.05) is 31.2 Å². The van der Waals surface area contributed by atoms with E-state index in [-0.39, 0.29) is 6.61 Å². The number of aliphatic hydroxyl groups excluding tert-OH is 2. The van der Waals surface area contributed by atoms with Crippen LogP contribution in [0.5, 0.6) is 0 Å². The van der Waals surface area contributed by atoms with E-state index in [1.165, 1.54) is 17.6 Å². The van der Waals surface area contributed by atoms with Gasteiger partial charge in [-0.3, -0.25) is 0 Å². The van der Waals surface area contributed by atoms with Crippen molar-refractivity contribution in [2.75, 3.05) is 13.2 Å². The quantitative estimate of drug-likeness (QED) is 0.813. The van der Waals surface area contributed by atoms with Crippen LogP contribution < -0.4 is 0 Å². The van der Waals surface area contributed by atoms with Gasteiger partial charge in [0.1, 0.15) is 12.2 Å². The van der Waals surface area contributed by atoms with Crippen LogP contribution in [0.3, 0.4) is 0 Å².